The van der Waals surface area contributed by atoms with Crippen LogP contribution in [-0.2, 0) is 9.84 Å². The molecule has 6 heteroatoms. The number of aromatic hydroxyl groups is 2. The molecule has 16 heavy (non-hydrogen) atoms. The van der Waals surface area contributed by atoms with Crippen molar-refractivity contribution in [3.8, 4) is 11.5 Å². The standard InChI is InChI=1S/C10H14O5S/c11-5-1-2-6-16(14,15)8-3-4-9(12)10(13)7-8/h3-4,7,11-13H,1-2,5-6H2. The van der Waals surface area contributed by atoms with Crippen molar-refractivity contribution in [1.82, 2.24) is 0 Å². The molecule has 1 aromatic rings. The van der Waals surface area contributed by atoms with E-state index in [-0.39, 0.29) is 23.0 Å². The Morgan fingerprint density at radius 3 is 2.31 bits per heavy atom. The molecule has 3 N–H and O–H groups in total. The highest BCUT2D eigenvalue weighted by molar-refractivity contribution is 7.91. The Balaban J connectivity index is 2.86. The molecule has 0 aliphatic carbocycles. The molecule has 0 unspecified atom stereocenters. The second kappa shape index (κ2) is 5.18. The number of rotatable bonds is 5. The van der Waals surface area contributed by atoms with Gasteiger partial charge in [0.1, 0.15) is 0 Å². The fraction of sp³-hybridized carbons (Fsp3) is 0.400. The van der Waals surface area contributed by atoms with Crippen molar-refractivity contribution in [2.24, 2.45) is 0 Å². The molecule has 0 fully saturated rings. The topological polar surface area (TPSA) is 94.8 Å². The molecule has 0 spiro atoms. The third kappa shape index (κ3) is 3.11. The molecule has 0 aliphatic heterocycles. The molecule has 5 nitrogen and oxygen atoms in total. The first-order valence-electron chi connectivity index (χ1n) is 4.83. The van der Waals surface area contributed by atoms with Crippen molar-refractivity contribution in [1.29, 1.82) is 0 Å². The summed E-state index contributed by atoms with van der Waals surface area (Å²) in [6.07, 6.45) is 0.782. The highest BCUT2D eigenvalue weighted by atomic mass is 32.2. The summed E-state index contributed by atoms with van der Waals surface area (Å²) in [7, 11) is -3.45. The zero-order chi connectivity index (χ0) is 12.2. The summed E-state index contributed by atoms with van der Waals surface area (Å²) in [5, 5.41) is 26.8. The third-order valence-electron chi connectivity index (χ3n) is 2.13. The van der Waals surface area contributed by atoms with Crippen molar-refractivity contribution in [2.75, 3.05) is 12.4 Å². The number of phenols is 2. The van der Waals surface area contributed by atoms with E-state index in [0.29, 0.717) is 12.8 Å². The minimum atomic E-state index is -3.45. The lowest BCUT2D eigenvalue weighted by Crippen LogP contribution is -2.07. The second-order valence-corrected chi connectivity index (χ2v) is 5.51. The second-order valence-electron chi connectivity index (χ2n) is 3.40. The van der Waals surface area contributed by atoms with Gasteiger partial charge < -0.3 is 15.3 Å². The predicted molar refractivity (Wildman–Crippen MR) is 58.1 cm³/mol. The van der Waals surface area contributed by atoms with Crippen LogP contribution in [0.15, 0.2) is 23.1 Å². The van der Waals surface area contributed by atoms with Crippen LogP contribution in [0.2, 0.25) is 0 Å². The monoisotopic (exact) mass is 246 g/mol. The van der Waals surface area contributed by atoms with Crippen molar-refractivity contribution in [3.05, 3.63) is 18.2 Å². The first-order valence-corrected chi connectivity index (χ1v) is 6.48. The van der Waals surface area contributed by atoms with Gasteiger partial charge in [0.2, 0.25) is 0 Å². The summed E-state index contributed by atoms with van der Waals surface area (Å²) in [6, 6.07) is 3.39. The normalized spacial score (nSPS) is 11.6. The van der Waals surface area contributed by atoms with Crippen molar-refractivity contribution in [2.45, 2.75) is 17.7 Å². The molecule has 0 saturated carbocycles. The van der Waals surface area contributed by atoms with Gasteiger partial charge in [-0.2, -0.15) is 0 Å². The van der Waals surface area contributed by atoms with Gasteiger partial charge in [0.15, 0.2) is 21.3 Å². The maximum atomic E-state index is 11.7. The quantitative estimate of drug-likeness (QED) is 0.523. The lowest BCUT2D eigenvalue weighted by Gasteiger charge is -2.05. The summed E-state index contributed by atoms with van der Waals surface area (Å²) >= 11 is 0. The molecule has 0 heterocycles. The lowest BCUT2D eigenvalue weighted by atomic mass is 10.3. The minimum Gasteiger partial charge on any atom is -0.504 e. The Bertz CT molecular complexity index is 452. The first kappa shape index (κ1) is 12.8. The number of phenolic OH excluding ortho intramolecular Hbond substituents is 2. The molecule has 1 aromatic carbocycles. The fourth-order valence-corrected chi connectivity index (χ4v) is 2.60. The van der Waals surface area contributed by atoms with E-state index in [1.807, 2.05) is 0 Å². The summed E-state index contributed by atoms with van der Waals surface area (Å²) in [4.78, 5) is -0.0271. The van der Waals surface area contributed by atoms with Crippen LogP contribution >= 0.6 is 0 Å². The Morgan fingerprint density at radius 2 is 1.75 bits per heavy atom. The van der Waals surface area contributed by atoms with Gasteiger partial charge in [0, 0.05) is 12.7 Å². The van der Waals surface area contributed by atoms with Gasteiger partial charge in [-0.25, -0.2) is 8.42 Å². The maximum absolute atomic E-state index is 11.7. The van der Waals surface area contributed by atoms with E-state index in [2.05, 4.69) is 0 Å². The van der Waals surface area contributed by atoms with Gasteiger partial charge in [0.25, 0.3) is 0 Å². The number of benzene rings is 1. The Morgan fingerprint density at radius 1 is 1.06 bits per heavy atom. The van der Waals surface area contributed by atoms with E-state index in [1.165, 1.54) is 6.07 Å². The number of sulfone groups is 1. The average molecular weight is 246 g/mol. The fourth-order valence-electron chi connectivity index (χ4n) is 1.22. The Kier molecular flexibility index (Phi) is 4.14. The van der Waals surface area contributed by atoms with E-state index in [9.17, 15) is 13.5 Å². The van der Waals surface area contributed by atoms with Crippen LogP contribution in [-0.4, -0.2) is 36.1 Å². The van der Waals surface area contributed by atoms with E-state index in [1.54, 1.807) is 0 Å². The number of hydrogen-bond donors (Lipinski definition) is 3. The van der Waals surface area contributed by atoms with Gasteiger partial charge in [-0.15, -0.1) is 0 Å². The van der Waals surface area contributed by atoms with Crippen molar-refractivity contribution >= 4 is 9.84 Å². The van der Waals surface area contributed by atoms with Crippen LogP contribution in [0, 0.1) is 0 Å². The largest absolute Gasteiger partial charge is 0.504 e. The first-order chi connectivity index (χ1) is 7.47. The zero-order valence-electron chi connectivity index (χ0n) is 8.63. The van der Waals surface area contributed by atoms with Crippen LogP contribution in [0.25, 0.3) is 0 Å². The van der Waals surface area contributed by atoms with Gasteiger partial charge in [-0.1, -0.05) is 0 Å². The number of aliphatic hydroxyl groups excluding tert-OH is 1. The molecule has 0 bridgehead atoms. The summed E-state index contributed by atoms with van der Waals surface area (Å²) in [5.41, 5.74) is 0. The van der Waals surface area contributed by atoms with Crippen LogP contribution in [0.5, 0.6) is 11.5 Å². The summed E-state index contributed by atoms with van der Waals surface area (Å²) in [6.45, 7) is -0.0453. The number of aliphatic hydroxyl groups is 1. The molecule has 1 rings (SSSR count). The van der Waals surface area contributed by atoms with Gasteiger partial charge >= 0.3 is 0 Å². The van der Waals surface area contributed by atoms with Crippen LogP contribution in [0.4, 0.5) is 0 Å². The van der Waals surface area contributed by atoms with Crippen molar-refractivity contribution in [3.63, 3.8) is 0 Å². The van der Waals surface area contributed by atoms with Crippen LogP contribution in [0.1, 0.15) is 12.8 Å². The average Bonchev–Trinajstić information content (AvgIpc) is 2.22. The molecular weight excluding hydrogens is 232 g/mol. The predicted octanol–water partition coefficient (Wildman–Crippen LogP) is 0.644. The molecule has 0 radical (unpaired) electrons. The SMILES string of the molecule is O=S(=O)(CCCCO)c1ccc(O)c(O)c1. The highest BCUT2D eigenvalue weighted by Crippen LogP contribution is 2.27. The molecule has 0 aromatic heterocycles. The Hall–Kier alpha value is -1.27. The van der Waals surface area contributed by atoms with E-state index < -0.39 is 15.6 Å². The van der Waals surface area contributed by atoms with Crippen molar-refractivity contribution < 1.29 is 23.7 Å². The number of hydrogen-bond acceptors (Lipinski definition) is 5. The maximum Gasteiger partial charge on any atom is 0.178 e. The number of unbranched alkanes of at least 4 members (excludes halogenated alkanes) is 1. The van der Waals surface area contributed by atoms with E-state index >= 15 is 0 Å². The molecular formula is C10H14O5S. The minimum absolute atomic E-state index is 0.0271. The molecule has 90 valence electrons. The third-order valence-corrected chi connectivity index (χ3v) is 3.93. The van der Waals surface area contributed by atoms with Crippen LogP contribution in [0.3, 0.4) is 0 Å². The Labute approximate surface area is 93.9 Å². The smallest absolute Gasteiger partial charge is 0.178 e. The summed E-state index contributed by atoms with van der Waals surface area (Å²) < 4.78 is 23.4. The molecule has 0 atom stereocenters. The lowest BCUT2D eigenvalue weighted by molar-refractivity contribution is 0.287. The van der Waals surface area contributed by atoms with Gasteiger partial charge in [-0.3, -0.25) is 0 Å². The molecule has 0 amide bonds. The van der Waals surface area contributed by atoms with E-state index in [4.69, 9.17) is 10.2 Å². The van der Waals surface area contributed by atoms with E-state index in [0.717, 1.165) is 12.1 Å². The summed E-state index contributed by atoms with van der Waals surface area (Å²) in [5.74, 6) is -0.893. The molecule has 0 saturated heterocycles. The van der Waals surface area contributed by atoms with Gasteiger partial charge in [-0.05, 0) is 25.0 Å². The zero-order valence-corrected chi connectivity index (χ0v) is 9.44. The molecule has 0 aliphatic rings. The van der Waals surface area contributed by atoms with Gasteiger partial charge in [0.05, 0.1) is 10.6 Å². The van der Waals surface area contributed by atoms with Crippen LogP contribution < -0.4 is 0 Å². The highest BCUT2D eigenvalue weighted by Gasteiger charge is 2.15.